The van der Waals surface area contributed by atoms with E-state index >= 15 is 0 Å². The first kappa shape index (κ1) is 15.1. The van der Waals surface area contributed by atoms with Gasteiger partial charge in [-0.2, -0.15) is 5.10 Å². The summed E-state index contributed by atoms with van der Waals surface area (Å²) in [6.07, 6.45) is 3.33. The van der Waals surface area contributed by atoms with Crippen LogP contribution in [0.25, 0.3) is 11.4 Å². The van der Waals surface area contributed by atoms with E-state index in [0.717, 1.165) is 28.3 Å². The third kappa shape index (κ3) is 3.40. The summed E-state index contributed by atoms with van der Waals surface area (Å²) in [6.45, 7) is 0. The zero-order valence-corrected chi connectivity index (χ0v) is 13.5. The molecule has 0 unspecified atom stereocenters. The van der Waals surface area contributed by atoms with Crippen LogP contribution in [0.5, 0.6) is 0 Å². The highest BCUT2D eigenvalue weighted by Gasteiger charge is 2.15. The van der Waals surface area contributed by atoms with E-state index in [2.05, 4.69) is 43.7 Å². The van der Waals surface area contributed by atoms with Gasteiger partial charge in [0.25, 0.3) is 0 Å². The molecule has 0 amide bonds. The average molecular weight is 327 g/mol. The van der Waals surface area contributed by atoms with Crippen molar-refractivity contribution in [3.05, 3.63) is 96.6 Å². The second-order valence-electron chi connectivity index (χ2n) is 5.66. The number of rotatable bonds is 5. The number of aromatic nitrogens is 4. The predicted molar refractivity (Wildman–Crippen MR) is 98.0 cm³/mol. The molecule has 0 saturated heterocycles. The number of pyridine rings is 1. The van der Waals surface area contributed by atoms with Gasteiger partial charge >= 0.3 is 0 Å². The maximum atomic E-state index is 4.53. The summed E-state index contributed by atoms with van der Waals surface area (Å²) < 4.78 is 0. The van der Waals surface area contributed by atoms with Gasteiger partial charge in [-0.1, -0.05) is 48.5 Å². The molecule has 5 nitrogen and oxygen atoms in total. The van der Waals surface area contributed by atoms with Crippen molar-refractivity contribution in [1.29, 1.82) is 0 Å². The molecule has 2 N–H and O–H groups in total. The first-order chi connectivity index (χ1) is 12.4. The topological polar surface area (TPSA) is 66.5 Å². The van der Waals surface area contributed by atoms with Gasteiger partial charge in [0.05, 0.1) is 11.7 Å². The Hall–Kier alpha value is -3.47. The Morgan fingerprint density at radius 2 is 1.72 bits per heavy atom. The van der Waals surface area contributed by atoms with Gasteiger partial charge in [0, 0.05) is 17.4 Å². The number of nitrogens with zero attached hydrogens (tertiary/aromatic N) is 3. The summed E-state index contributed by atoms with van der Waals surface area (Å²) in [5, 5.41) is 10.4. The van der Waals surface area contributed by atoms with E-state index < -0.39 is 0 Å². The molecule has 0 aliphatic heterocycles. The summed E-state index contributed by atoms with van der Waals surface area (Å²) in [5.74, 6) is 0.748. The number of nitrogens with one attached hydrogen (secondary N) is 2. The number of anilines is 1. The molecule has 25 heavy (non-hydrogen) atoms. The van der Waals surface area contributed by atoms with Crippen molar-refractivity contribution < 1.29 is 0 Å². The fourth-order valence-electron chi connectivity index (χ4n) is 2.79. The number of benzene rings is 2. The largest absolute Gasteiger partial charge is 0.373 e. The van der Waals surface area contributed by atoms with Gasteiger partial charge in [-0.3, -0.25) is 10.1 Å². The molecule has 4 aromatic rings. The zero-order chi connectivity index (χ0) is 16.9. The fraction of sp³-hybridized carbons (Fsp3) is 0.0500. The van der Waals surface area contributed by atoms with Crippen LogP contribution in [0.15, 0.2) is 85.3 Å². The smallest absolute Gasteiger partial charge is 0.155 e. The lowest BCUT2D eigenvalue weighted by atomic mass is 10.0. The standard InChI is InChI=1S/C20H17N5/c1-2-7-15(8-3-1)19(18-11-4-5-12-21-18)24-17-10-6-9-16(13-17)20-22-14-23-25-20/h1-14,19,24H,(H,22,23,25)/t19-/m1/s1. The van der Waals surface area contributed by atoms with Gasteiger partial charge < -0.3 is 5.32 Å². The summed E-state index contributed by atoms with van der Waals surface area (Å²) in [6, 6.07) is 24.3. The van der Waals surface area contributed by atoms with Crippen LogP contribution >= 0.6 is 0 Å². The molecule has 122 valence electrons. The van der Waals surface area contributed by atoms with Crippen molar-refractivity contribution in [2.24, 2.45) is 0 Å². The number of H-pyrrole nitrogens is 1. The summed E-state index contributed by atoms with van der Waals surface area (Å²) in [7, 11) is 0. The number of hydrogen-bond donors (Lipinski definition) is 2. The van der Waals surface area contributed by atoms with Gasteiger partial charge in [0.15, 0.2) is 5.82 Å². The number of hydrogen-bond acceptors (Lipinski definition) is 4. The lowest BCUT2D eigenvalue weighted by molar-refractivity contribution is 0.887. The van der Waals surface area contributed by atoms with E-state index in [0.29, 0.717) is 0 Å². The maximum absolute atomic E-state index is 4.53. The minimum Gasteiger partial charge on any atom is -0.373 e. The van der Waals surface area contributed by atoms with E-state index in [9.17, 15) is 0 Å². The van der Waals surface area contributed by atoms with Gasteiger partial charge in [-0.15, -0.1) is 0 Å². The molecule has 0 bridgehead atoms. The van der Waals surface area contributed by atoms with Gasteiger partial charge in [0.1, 0.15) is 6.33 Å². The predicted octanol–water partition coefficient (Wildman–Crippen LogP) is 4.07. The van der Waals surface area contributed by atoms with Crippen LogP contribution in [-0.2, 0) is 0 Å². The molecule has 2 aromatic heterocycles. The Balaban J connectivity index is 1.69. The Kier molecular flexibility index (Phi) is 4.20. The van der Waals surface area contributed by atoms with Crippen LogP contribution < -0.4 is 5.32 Å². The highest BCUT2D eigenvalue weighted by atomic mass is 15.2. The third-order valence-electron chi connectivity index (χ3n) is 3.98. The minimum absolute atomic E-state index is 0.0348. The SMILES string of the molecule is c1ccc([C@@H](Nc2cccc(-c3ncn[nH]3)c2)c2ccccn2)cc1. The van der Waals surface area contributed by atoms with Crippen LogP contribution in [0, 0.1) is 0 Å². The molecule has 0 radical (unpaired) electrons. The summed E-state index contributed by atoms with van der Waals surface area (Å²) >= 11 is 0. The molecular weight excluding hydrogens is 310 g/mol. The summed E-state index contributed by atoms with van der Waals surface area (Å²) in [5.41, 5.74) is 4.11. The Bertz CT molecular complexity index is 881. The zero-order valence-electron chi connectivity index (χ0n) is 13.5. The molecule has 1 atom stereocenters. The van der Waals surface area contributed by atoms with Crippen molar-refractivity contribution in [1.82, 2.24) is 20.2 Å². The molecule has 2 aromatic carbocycles. The number of aromatic amines is 1. The van der Waals surface area contributed by atoms with E-state index in [1.807, 2.05) is 60.8 Å². The normalized spacial score (nSPS) is 11.8. The van der Waals surface area contributed by atoms with Crippen LogP contribution in [0.2, 0.25) is 0 Å². The van der Waals surface area contributed by atoms with E-state index in [-0.39, 0.29) is 6.04 Å². The van der Waals surface area contributed by atoms with Crippen LogP contribution in [0.3, 0.4) is 0 Å². The van der Waals surface area contributed by atoms with Crippen molar-refractivity contribution in [2.45, 2.75) is 6.04 Å². The lowest BCUT2D eigenvalue weighted by Gasteiger charge is -2.20. The molecule has 0 aliphatic carbocycles. The van der Waals surface area contributed by atoms with Crippen LogP contribution in [-0.4, -0.2) is 20.2 Å². The second kappa shape index (κ2) is 6.97. The summed E-state index contributed by atoms with van der Waals surface area (Å²) in [4.78, 5) is 8.75. The Morgan fingerprint density at radius 1 is 0.840 bits per heavy atom. The third-order valence-corrected chi connectivity index (χ3v) is 3.98. The molecule has 0 aliphatic rings. The molecule has 5 heteroatoms. The monoisotopic (exact) mass is 327 g/mol. The molecular formula is C20H17N5. The molecule has 2 heterocycles. The minimum atomic E-state index is -0.0348. The quantitative estimate of drug-likeness (QED) is 0.580. The van der Waals surface area contributed by atoms with Crippen molar-refractivity contribution in [3.8, 4) is 11.4 Å². The maximum Gasteiger partial charge on any atom is 0.155 e. The van der Waals surface area contributed by atoms with Crippen molar-refractivity contribution >= 4 is 5.69 Å². The molecule has 0 spiro atoms. The fourth-order valence-corrected chi connectivity index (χ4v) is 2.79. The highest BCUT2D eigenvalue weighted by molar-refractivity contribution is 5.62. The average Bonchev–Trinajstić information content (AvgIpc) is 3.23. The second-order valence-corrected chi connectivity index (χ2v) is 5.66. The van der Waals surface area contributed by atoms with Gasteiger partial charge in [-0.05, 0) is 29.8 Å². The van der Waals surface area contributed by atoms with Crippen molar-refractivity contribution in [2.75, 3.05) is 5.32 Å². The van der Waals surface area contributed by atoms with Gasteiger partial charge in [0.2, 0.25) is 0 Å². The Labute approximate surface area is 145 Å². The Morgan fingerprint density at radius 3 is 2.48 bits per heavy atom. The van der Waals surface area contributed by atoms with Crippen LogP contribution in [0.1, 0.15) is 17.3 Å². The first-order valence-electron chi connectivity index (χ1n) is 8.08. The first-order valence-corrected chi connectivity index (χ1v) is 8.08. The van der Waals surface area contributed by atoms with Gasteiger partial charge in [-0.25, -0.2) is 4.98 Å². The van der Waals surface area contributed by atoms with Crippen LogP contribution in [0.4, 0.5) is 5.69 Å². The molecule has 0 fully saturated rings. The highest BCUT2D eigenvalue weighted by Crippen LogP contribution is 2.27. The van der Waals surface area contributed by atoms with E-state index in [4.69, 9.17) is 0 Å². The van der Waals surface area contributed by atoms with Crippen molar-refractivity contribution in [3.63, 3.8) is 0 Å². The lowest BCUT2D eigenvalue weighted by Crippen LogP contribution is -2.13. The molecule has 4 rings (SSSR count). The molecule has 0 saturated carbocycles. The van der Waals surface area contributed by atoms with E-state index in [1.165, 1.54) is 6.33 Å². The van der Waals surface area contributed by atoms with E-state index in [1.54, 1.807) is 0 Å².